The Labute approximate surface area is 206 Å². The number of carbonyl (C=O) groups excluding carboxylic acids is 1. The number of halogens is 3. The van der Waals surface area contributed by atoms with Gasteiger partial charge in [0.25, 0.3) is 0 Å². The highest BCUT2D eigenvalue weighted by atomic mass is 35.5. The number of aromatic nitrogens is 1. The quantitative estimate of drug-likeness (QED) is 0.485. The van der Waals surface area contributed by atoms with E-state index in [1.807, 2.05) is 0 Å². The van der Waals surface area contributed by atoms with Crippen molar-refractivity contribution < 1.29 is 18.7 Å². The van der Waals surface area contributed by atoms with Crippen LogP contribution in [0.1, 0.15) is 12.0 Å². The SMILES string of the molecule is C=CC(=O)N1CCN(c2c3c(nc4c(F)c(-c5c(O)cccc5F)c(Cl)cc24)NC(=C)CC3)CC1. The maximum absolute atomic E-state index is 16.0. The number of aromatic hydroxyl groups is 1. The maximum atomic E-state index is 16.0. The second-order valence-corrected chi connectivity index (χ2v) is 9.02. The van der Waals surface area contributed by atoms with Gasteiger partial charge in [-0.05, 0) is 37.1 Å². The number of phenols is 1. The number of phenolic OH excluding ortho intramolecular Hbond substituents is 1. The van der Waals surface area contributed by atoms with Gasteiger partial charge in [0.2, 0.25) is 5.91 Å². The van der Waals surface area contributed by atoms with Crippen LogP contribution in [-0.4, -0.2) is 47.1 Å². The summed E-state index contributed by atoms with van der Waals surface area (Å²) in [6.45, 7) is 9.57. The molecule has 0 saturated carbocycles. The van der Waals surface area contributed by atoms with Gasteiger partial charge in [-0.2, -0.15) is 0 Å². The minimum absolute atomic E-state index is 0.00704. The normalized spacial score (nSPS) is 15.7. The zero-order chi connectivity index (χ0) is 24.9. The number of nitrogens with one attached hydrogen (secondary N) is 1. The highest BCUT2D eigenvalue weighted by Gasteiger charge is 2.30. The summed E-state index contributed by atoms with van der Waals surface area (Å²) in [4.78, 5) is 20.4. The van der Waals surface area contributed by atoms with Gasteiger partial charge in [0, 0.05) is 48.4 Å². The standard InChI is InChI=1S/C26H23ClF2N4O2/c1-3-20(35)32-9-11-33(12-10-32)25-15-8-7-14(2)30-26(15)31-24-16(25)13-17(27)21(23(24)29)22-18(28)5-4-6-19(22)34/h3-6,13,34H,1-2,7-12H2,(H,30,31). The van der Waals surface area contributed by atoms with Crippen LogP contribution < -0.4 is 10.2 Å². The zero-order valence-corrected chi connectivity index (χ0v) is 19.6. The van der Waals surface area contributed by atoms with Crippen molar-refractivity contribution in [3.05, 3.63) is 71.4 Å². The molecule has 2 aliphatic heterocycles. The molecular weight excluding hydrogens is 474 g/mol. The highest BCUT2D eigenvalue weighted by molar-refractivity contribution is 6.34. The molecule has 3 aromatic rings. The van der Waals surface area contributed by atoms with Crippen molar-refractivity contribution in [3.63, 3.8) is 0 Å². The van der Waals surface area contributed by atoms with E-state index in [0.717, 1.165) is 23.0 Å². The van der Waals surface area contributed by atoms with Crippen LogP contribution in [0.5, 0.6) is 5.75 Å². The fraction of sp³-hybridized carbons (Fsp3) is 0.231. The first-order valence-electron chi connectivity index (χ1n) is 11.2. The lowest BCUT2D eigenvalue weighted by atomic mass is 9.95. The molecule has 1 fully saturated rings. The van der Waals surface area contributed by atoms with Gasteiger partial charge in [-0.15, -0.1) is 0 Å². The van der Waals surface area contributed by atoms with Crippen molar-refractivity contribution in [2.75, 3.05) is 36.4 Å². The lowest BCUT2D eigenvalue weighted by Gasteiger charge is -2.38. The Hall–Kier alpha value is -3.65. The van der Waals surface area contributed by atoms with Gasteiger partial charge in [0.05, 0.1) is 16.3 Å². The average Bonchev–Trinajstić information content (AvgIpc) is 2.84. The first-order valence-corrected chi connectivity index (χ1v) is 11.6. The van der Waals surface area contributed by atoms with Gasteiger partial charge in [-0.1, -0.05) is 30.8 Å². The Balaban J connectivity index is 1.72. The molecule has 180 valence electrons. The molecule has 0 bridgehead atoms. The van der Waals surface area contributed by atoms with E-state index in [1.54, 1.807) is 11.0 Å². The zero-order valence-electron chi connectivity index (χ0n) is 18.9. The summed E-state index contributed by atoms with van der Waals surface area (Å²) in [5, 5.41) is 13.9. The number of carbonyl (C=O) groups is 1. The van der Waals surface area contributed by atoms with Crippen LogP contribution in [0.25, 0.3) is 22.0 Å². The molecule has 1 saturated heterocycles. The van der Waals surface area contributed by atoms with Crippen LogP contribution >= 0.6 is 11.6 Å². The topological polar surface area (TPSA) is 68.7 Å². The molecule has 1 amide bonds. The van der Waals surface area contributed by atoms with E-state index in [2.05, 4.69) is 28.4 Å². The van der Waals surface area contributed by atoms with Crippen LogP contribution in [0.3, 0.4) is 0 Å². The lowest BCUT2D eigenvalue weighted by molar-refractivity contribution is -0.126. The molecular formula is C26H23ClF2N4O2. The number of anilines is 2. The van der Waals surface area contributed by atoms with Crippen molar-refractivity contribution in [1.29, 1.82) is 0 Å². The number of hydrogen-bond acceptors (Lipinski definition) is 5. The second kappa shape index (κ2) is 8.85. The van der Waals surface area contributed by atoms with E-state index in [0.29, 0.717) is 50.2 Å². The third-order valence-corrected chi connectivity index (χ3v) is 6.84. The third kappa shape index (κ3) is 3.87. The van der Waals surface area contributed by atoms with Crippen LogP contribution in [0.15, 0.2) is 49.2 Å². The molecule has 9 heteroatoms. The molecule has 0 aliphatic carbocycles. The van der Waals surface area contributed by atoms with Crippen molar-refractivity contribution in [3.8, 4) is 16.9 Å². The smallest absolute Gasteiger partial charge is 0.246 e. The molecule has 35 heavy (non-hydrogen) atoms. The summed E-state index contributed by atoms with van der Waals surface area (Å²) in [6, 6.07) is 5.32. The predicted molar refractivity (Wildman–Crippen MR) is 134 cm³/mol. The first-order chi connectivity index (χ1) is 16.8. The van der Waals surface area contributed by atoms with E-state index in [9.17, 15) is 14.3 Å². The third-order valence-electron chi connectivity index (χ3n) is 6.54. The highest BCUT2D eigenvalue weighted by Crippen LogP contribution is 2.45. The number of benzene rings is 2. The summed E-state index contributed by atoms with van der Waals surface area (Å²) in [5.74, 6) is -1.68. The number of pyridine rings is 1. The van der Waals surface area contributed by atoms with Gasteiger partial charge in [-0.25, -0.2) is 13.8 Å². The number of hydrogen-bond donors (Lipinski definition) is 2. The molecule has 0 unspecified atom stereocenters. The van der Waals surface area contributed by atoms with E-state index >= 15 is 4.39 Å². The Morgan fingerprint density at radius 1 is 1.17 bits per heavy atom. The molecule has 3 heterocycles. The van der Waals surface area contributed by atoms with Crippen molar-refractivity contribution in [2.24, 2.45) is 0 Å². The minimum Gasteiger partial charge on any atom is -0.507 e. The fourth-order valence-corrected chi connectivity index (χ4v) is 5.12. The number of rotatable bonds is 3. The lowest BCUT2D eigenvalue weighted by Crippen LogP contribution is -2.48. The van der Waals surface area contributed by atoms with Gasteiger partial charge >= 0.3 is 0 Å². The number of fused-ring (bicyclic) bond motifs is 2. The van der Waals surface area contributed by atoms with Gasteiger partial charge in [0.1, 0.15) is 22.9 Å². The molecule has 0 spiro atoms. The largest absolute Gasteiger partial charge is 0.507 e. The number of nitrogens with zero attached hydrogens (tertiary/aromatic N) is 3. The van der Waals surface area contributed by atoms with Crippen LogP contribution in [0.2, 0.25) is 5.02 Å². The Bertz CT molecular complexity index is 1380. The number of amides is 1. The number of piperazine rings is 1. The molecule has 5 rings (SSSR count). The molecule has 6 nitrogen and oxygen atoms in total. The van der Waals surface area contributed by atoms with Crippen molar-refractivity contribution >= 4 is 39.9 Å². The van der Waals surface area contributed by atoms with Crippen LogP contribution in [-0.2, 0) is 11.2 Å². The predicted octanol–water partition coefficient (Wildman–Crippen LogP) is 5.25. The van der Waals surface area contributed by atoms with E-state index in [-0.39, 0.29) is 27.6 Å². The molecule has 2 N–H and O–H groups in total. The summed E-state index contributed by atoms with van der Waals surface area (Å²) in [7, 11) is 0. The van der Waals surface area contributed by atoms with E-state index in [1.165, 1.54) is 18.2 Å². The van der Waals surface area contributed by atoms with Gasteiger partial charge < -0.3 is 20.2 Å². The van der Waals surface area contributed by atoms with E-state index < -0.39 is 17.4 Å². The molecule has 0 radical (unpaired) electrons. The van der Waals surface area contributed by atoms with Gasteiger partial charge in [0.15, 0.2) is 5.82 Å². The monoisotopic (exact) mass is 496 g/mol. The molecule has 2 aromatic carbocycles. The molecule has 1 aromatic heterocycles. The Kier molecular flexibility index (Phi) is 5.84. The fourth-order valence-electron chi connectivity index (χ4n) is 4.83. The summed E-state index contributed by atoms with van der Waals surface area (Å²) in [6.07, 6.45) is 2.64. The molecule has 0 atom stereocenters. The Morgan fingerprint density at radius 2 is 1.91 bits per heavy atom. The van der Waals surface area contributed by atoms with Gasteiger partial charge in [-0.3, -0.25) is 4.79 Å². The Morgan fingerprint density at radius 3 is 2.60 bits per heavy atom. The van der Waals surface area contributed by atoms with Crippen molar-refractivity contribution in [1.82, 2.24) is 9.88 Å². The van der Waals surface area contributed by atoms with Crippen LogP contribution in [0, 0.1) is 11.6 Å². The summed E-state index contributed by atoms with van der Waals surface area (Å²) >= 11 is 6.53. The maximum Gasteiger partial charge on any atom is 0.246 e. The minimum atomic E-state index is -0.824. The average molecular weight is 497 g/mol. The van der Waals surface area contributed by atoms with E-state index in [4.69, 9.17) is 11.6 Å². The summed E-state index contributed by atoms with van der Waals surface area (Å²) in [5.41, 5.74) is 1.90. The first kappa shape index (κ1) is 23.1. The van der Waals surface area contributed by atoms with Crippen molar-refractivity contribution in [2.45, 2.75) is 12.8 Å². The summed E-state index contributed by atoms with van der Waals surface area (Å²) < 4.78 is 30.7. The second-order valence-electron chi connectivity index (χ2n) is 8.61. The van der Waals surface area contributed by atoms with Crippen LogP contribution in [0.4, 0.5) is 20.3 Å². The number of allylic oxidation sites excluding steroid dienone is 1. The molecule has 2 aliphatic rings.